The first-order chi connectivity index (χ1) is 21.9. The average Bonchev–Trinajstić information content (AvgIpc) is 3.06. The predicted molar refractivity (Wildman–Crippen MR) is 157 cm³/mol. The number of ether oxygens (including phenoxy) is 1. The van der Waals surface area contributed by atoms with E-state index in [-0.39, 0.29) is 48.5 Å². The number of aliphatic hydroxyl groups excluding tert-OH is 1. The van der Waals surface area contributed by atoms with E-state index >= 15 is 0 Å². The molecule has 46 heavy (non-hydrogen) atoms. The van der Waals surface area contributed by atoms with Gasteiger partial charge in [-0.3, -0.25) is 14.4 Å². The van der Waals surface area contributed by atoms with E-state index < -0.39 is 48.5 Å². The maximum Gasteiger partial charge on any atom is 0.416 e. The monoisotopic (exact) mass is 648 g/mol. The summed E-state index contributed by atoms with van der Waals surface area (Å²) in [4.78, 5) is 47.3. The Balaban J connectivity index is 1.48. The van der Waals surface area contributed by atoms with Crippen LogP contribution in [0.4, 0.5) is 27.9 Å². The van der Waals surface area contributed by atoms with Gasteiger partial charge in [0.25, 0.3) is 5.91 Å². The van der Waals surface area contributed by atoms with Crippen LogP contribution >= 0.6 is 0 Å². The first-order valence-electron chi connectivity index (χ1n) is 14.7. The summed E-state index contributed by atoms with van der Waals surface area (Å²) in [5.74, 6) is -1.74. The number of anilines is 1. The molecule has 0 spiro atoms. The molecule has 1 saturated heterocycles. The van der Waals surface area contributed by atoms with E-state index in [0.717, 1.165) is 12.1 Å². The van der Waals surface area contributed by atoms with Gasteiger partial charge in [-0.1, -0.05) is 43.3 Å². The van der Waals surface area contributed by atoms with Crippen molar-refractivity contribution >= 4 is 23.4 Å². The lowest BCUT2D eigenvalue weighted by Gasteiger charge is -2.40. The van der Waals surface area contributed by atoms with Crippen LogP contribution in [0.2, 0.25) is 0 Å². The summed E-state index contributed by atoms with van der Waals surface area (Å²) in [6.45, 7) is -1.74. The molecule has 1 unspecified atom stereocenters. The zero-order valence-electron chi connectivity index (χ0n) is 24.8. The highest BCUT2D eigenvalue weighted by atomic mass is 19.4. The molecule has 1 aromatic heterocycles. The molecule has 0 bridgehead atoms. The summed E-state index contributed by atoms with van der Waals surface area (Å²) >= 11 is 0. The van der Waals surface area contributed by atoms with E-state index in [2.05, 4.69) is 20.0 Å². The number of alkyl halides is 5. The highest BCUT2D eigenvalue weighted by Crippen LogP contribution is 2.35. The summed E-state index contributed by atoms with van der Waals surface area (Å²) in [5, 5.41) is 12.6. The van der Waals surface area contributed by atoms with Gasteiger partial charge in [0, 0.05) is 42.9 Å². The average molecular weight is 649 g/mol. The van der Waals surface area contributed by atoms with Crippen molar-refractivity contribution in [3.05, 3.63) is 88.7 Å². The molecule has 2 aromatic carbocycles. The minimum Gasteiger partial charge on any atom is -0.394 e. The van der Waals surface area contributed by atoms with Gasteiger partial charge in [0.1, 0.15) is 0 Å². The molecule has 2 N–H and O–H groups in total. The molecule has 1 aliphatic rings. The van der Waals surface area contributed by atoms with Crippen LogP contribution in [-0.4, -0.2) is 65.0 Å². The predicted octanol–water partition coefficient (Wildman–Crippen LogP) is 5.50. The Labute approximate surface area is 261 Å². The third-order valence-electron chi connectivity index (χ3n) is 7.91. The van der Waals surface area contributed by atoms with Crippen LogP contribution in [0.25, 0.3) is 0 Å². The molecule has 0 aliphatic carbocycles. The summed E-state index contributed by atoms with van der Waals surface area (Å²) in [6, 6.07) is 9.68. The zero-order valence-corrected chi connectivity index (χ0v) is 24.8. The van der Waals surface area contributed by atoms with E-state index in [1.807, 2.05) is 0 Å². The quantitative estimate of drug-likeness (QED) is 0.142. The number of halogens is 5. The molecule has 2 heterocycles. The minimum atomic E-state index is -4.47. The number of ketones is 2. The standard InChI is InChI=1S/C32H33F5N4O5/c1-2-27(43)28(44)21-5-3-20(4-6-21)26(18-42)40-29(45)23-15-38-31(39-16-23)41-17-22(9-12-25(41)13-14-46-30(33)34)19-7-10-24(11-8-19)32(35,36)37/h3-8,10-11,15-16,22,25-26,30,42H,2,9,12-14,17-18H2,1H3,(H,40,45)/t22?,25-,26-/m0/s1. The summed E-state index contributed by atoms with van der Waals surface area (Å²) in [5.41, 5.74) is 0.671. The molecule has 246 valence electrons. The highest BCUT2D eigenvalue weighted by molar-refractivity contribution is 6.43. The second-order valence-corrected chi connectivity index (χ2v) is 10.8. The first kappa shape index (κ1) is 34.6. The molecule has 0 radical (unpaired) electrons. The fourth-order valence-corrected chi connectivity index (χ4v) is 5.33. The molecule has 4 rings (SSSR count). The lowest BCUT2D eigenvalue weighted by molar-refractivity contribution is -0.137. The molecular weight excluding hydrogens is 615 g/mol. The minimum absolute atomic E-state index is 0.0661. The van der Waals surface area contributed by atoms with Gasteiger partial charge < -0.3 is 20.1 Å². The van der Waals surface area contributed by atoms with Crippen molar-refractivity contribution < 1.29 is 46.2 Å². The molecule has 1 amide bonds. The normalized spacial score (nSPS) is 17.5. The van der Waals surface area contributed by atoms with Gasteiger partial charge in [-0.2, -0.15) is 22.0 Å². The molecule has 14 heteroatoms. The van der Waals surface area contributed by atoms with Crippen molar-refractivity contribution in [3.63, 3.8) is 0 Å². The zero-order chi connectivity index (χ0) is 33.4. The van der Waals surface area contributed by atoms with Gasteiger partial charge >= 0.3 is 12.8 Å². The molecular formula is C32H33F5N4O5. The number of benzene rings is 2. The number of carbonyl (C=O) groups excluding carboxylic acids is 3. The second-order valence-electron chi connectivity index (χ2n) is 10.8. The van der Waals surface area contributed by atoms with Gasteiger partial charge in [-0.15, -0.1) is 0 Å². The van der Waals surface area contributed by atoms with Crippen molar-refractivity contribution in [2.24, 2.45) is 0 Å². The Kier molecular flexibility index (Phi) is 11.5. The Bertz CT molecular complexity index is 1480. The fraction of sp³-hybridized carbons (Fsp3) is 0.406. The van der Waals surface area contributed by atoms with Crippen LogP contribution in [0, 0.1) is 0 Å². The van der Waals surface area contributed by atoms with Crippen LogP contribution in [0.5, 0.6) is 0 Å². The lowest BCUT2D eigenvalue weighted by Crippen LogP contribution is -2.44. The van der Waals surface area contributed by atoms with E-state index in [9.17, 15) is 41.4 Å². The first-order valence-corrected chi connectivity index (χ1v) is 14.7. The smallest absolute Gasteiger partial charge is 0.394 e. The van der Waals surface area contributed by atoms with Crippen molar-refractivity contribution in [2.75, 3.05) is 24.7 Å². The van der Waals surface area contributed by atoms with E-state index in [4.69, 9.17) is 0 Å². The summed E-state index contributed by atoms with van der Waals surface area (Å²) in [6.07, 6.45) is -0.509. The van der Waals surface area contributed by atoms with Gasteiger partial charge in [0.05, 0.1) is 30.4 Å². The number of amides is 1. The Morgan fingerprint density at radius 3 is 2.22 bits per heavy atom. The van der Waals surface area contributed by atoms with E-state index in [1.165, 1.54) is 48.8 Å². The fourth-order valence-electron chi connectivity index (χ4n) is 5.33. The topological polar surface area (TPSA) is 122 Å². The van der Waals surface area contributed by atoms with Crippen LogP contribution in [0.15, 0.2) is 60.9 Å². The number of piperidine rings is 1. The van der Waals surface area contributed by atoms with Crippen molar-refractivity contribution in [3.8, 4) is 0 Å². The van der Waals surface area contributed by atoms with Crippen molar-refractivity contribution in [1.29, 1.82) is 0 Å². The summed E-state index contributed by atoms with van der Waals surface area (Å²) < 4.78 is 68.9. The van der Waals surface area contributed by atoms with Crippen LogP contribution in [0.3, 0.4) is 0 Å². The lowest BCUT2D eigenvalue weighted by atomic mass is 9.86. The van der Waals surface area contributed by atoms with Gasteiger partial charge in [-0.25, -0.2) is 9.97 Å². The number of rotatable bonds is 13. The number of Topliss-reactive ketones (excluding diaryl/α,β-unsaturated/α-hetero) is 2. The molecule has 3 aromatic rings. The van der Waals surface area contributed by atoms with Gasteiger partial charge in [-0.05, 0) is 42.5 Å². The van der Waals surface area contributed by atoms with Crippen molar-refractivity contribution in [2.45, 2.75) is 63.4 Å². The van der Waals surface area contributed by atoms with Crippen molar-refractivity contribution in [1.82, 2.24) is 15.3 Å². The number of hydrogen-bond acceptors (Lipinski definition) is 8. The third kappa shape index (κ3) is 8.69. The molecule has 1 fully saturated rings. The van der Waals surface area contributed by atoms with Gasteiger partial charge in [0.2, 0.25) is 17.5 Å². The van der Waals surface area contributed by atoms with E-state index in [1.54, 1.807) is 11.8 Å². The molecule has 3 atom stereocenters. The SMILES string of the molecule is CCC(=O)C(=O)c1ccc([C@H](CO)NC(=O)c2cnc(N3CC(c4ccc(C(F)(F)F)cc4)CC[C@H]3CCOC(F)F)nc2)cc1. The van der Waals surface area contributed by atoms with Gasteiger partial charge in [0.15, 0.2) is 0 Å². The maximum absolute atomic E-state index is 13.1. The number of aromatic nitrogens is 2. The van der Waals surface area contributed by atoms with Crippen LogP contribution in [0.1, 0.15) is 82.0 Å². The molecule has 9 nitrogen and oxygen atoms in total. The number of nitrogens with zero attached hydrogens (tertiary/aromatic N) is 3. The number of aliphatic hydroxyl groups is 1. The third-order valence-corrected chi connectivity index (χ3v) is 7.91. The Hall–Kier alpha value is -4.30. The number of hydrogen-bond donors (Lipinski definition) is 2. The number of nitrogens with one attached hydrogen (secondary N) is 1. The molecule has 0 saturated carbocycles. The van der Waals surface area contributed by atoms with E-state index in [0.29, 0.717) is 30.5 Å². The Morgan fingerprint density at radius 2 is 1.65 bits per heavy atom. The van der Waals surface area contributed by atoms with Crippen LogP contribution < -0.4 is 10.2 Å². The highest BCUT2D eigenvalue weighted by Gasteiger charge is 2.33. The Morgan fingerprint density at radius 1 is 1.00 bits per heavy atom. The summed E-state index contributed by atoms with van der Waals surface area (Å²) in [7, 11) is 0. The largest absolute Gasteiger partial charge is 0.416 e. The maximum atomic E-state index is 13.1. The second kappa shape index (κ2) is 15.3. The molecule has 1 aliphatic heterocycles. The van der Waals surface area contributed by atoms with Crippen LogP contribution in [-0.2, 0) is 15.7 Å². The number of carbonyl (C=O) groups is 3.